The van der Waals surface area contributed by atoms with E-state index < -0.39 is 27.8 Å². The van der Waals surface area contributed by atoms with Crippen molar-refractivity contribution in [2.24, 2.45) is 0 Å². The molecule has 0 aliphatic heterocycles. The predicted octanol–water partition coefficient (Wildman–Crippen LogP) is 4.81. The Labute approximate surface area is 199 Å². The standard InChI is InChI=1S/C20H20ClFN4O3S3/c1-3-17(26(32(2,28)29)14-9-10-16(22)15(21)11-14)18(27)23-19-24-25-20(31-19)30-12-13-7-5-4-6-8-13/h4-11,17H,3,12H2,1-2H3,(H,23,24,27). The van der Waals surface area contributed by atoms with Crippen LogP contribution < -0.4 is 9.62 Å². The molecular weight excluding hydrogens is 495 g/mol. The fourth-order valence-electron chi connectivity index (χ4n) is 2.91. The number of carbonyl (C=O) groups excluding carboxylic acids is 1. The summed E-state index contributed by atoms with van der Waals surface area (Å²) in [6, 6.07) is 12.3. The Hall–Kier alpha value is -2.21. The number of halogens is 2. The van der Waals surface area contributed by atoms with Crippen LogP contribution in [0.4, 0.5) is 15.2 Å². The molecule has 0 saturated carbocycles. The molecule has 0 bridgehead atoms. The van der Waals surface area contributed by atoms with E-state index in [1.54, 1.807) is 6.92 Å². The van der Waals surface area contributed by atoms with Crippen molar-refractivity contribution >= 4 is 61.4 Å². The highest BCUT2D eigenvalue weighted by atomic mass is 35.5. The Morgan fingerprint density at radius 1 is 1.25 bits per heavy atom. The van der Waals surface area contributed by atoms with E-state index in [0.717, 1.165) is 22.2 Å². The third-order valence-corrected chi connectivity index (χ3v) is 7.84. The Morgan fingerprint density at radius 2 is 1.97 bits per heavy atom. The largest absolute Gasteiger partial charge is 0.299 e. The summed E-state index contributed by atoms with van der Waals surface area (Å²) >= 11 is 8.51. The number of rotatable bonds is 9. The second-order valence-corrected chi connectivity index (χ2v) is 11.2. The van der Waals surface area contributed by atoms with E-state index in [1.165, 1.54) is 35.2 Å². The van der Waals surface area contributed by atoms with Crippen molar-refractivity contribution < 1.29 is 17.6 Å². The van der Waals surface area contributed by atoms with Gasteiger partial charge in [0, 0.05) is 5.75 Å². The molecule has 32 heavy (non-hydrogen) atoms. The van der Waals surface area contributed by atoms with Crippen molar-refractivity contribution in [3.8, 4) is 0 Å². The lowest BCUT2D eigenvalue weighted by Gasteiger charge is -2.29. The number of anilines is 2. The SMILES string of the molecule is CCC(C(=O)Nc1nnc(SCc2ccccc2)s1)N(c1ccc(F)c(Cl)c1)S(C)(=O)=O. The molecule has 7 nitrogen and oxygen atoms in total. The lowest BCUT2D eigenvalue weighted by atomic mass is 10.2. The minimum Gasteiger partial charge on any atom is -0.299 e. The van der Waals surface area contributed by atoms with Gasteiger partial charge in [-0.15, -0.1) is 10.2 Å². The summed E-state index contributed by atoms with van der Waals surface area (Å²) in [5, 5.41) is 10.7. The maximum Gasteiger partial charge on any atom is 0.250 e. The van der Waals surface area contributed by atoms with E-state index in [2.05, 4.69) is 15.5 Å². The maximum atomic E-state index is 13.6. The van der Waals surface area contributed by atoms with Gasteiger partial charge in [0.25, 0.3) is 0 Å². The highest BCUT2D eigenvalue weighted by molar-refractivity contribution is 8.00. The van der Waals surface area contributed by atoms with E-state index in [1.807, 2.05) is 30.3 Å². The first-order chi connectivity index (χ1) is 15.2. The molecule has 0 spiro atoms. The second-order valence-electron chi connectivity index (χ2n) is 6.72. The quantitative estimate of drug-likeness (QED) is 0.325. The summed E-state index contributed by atoms with van der Waals surface area (Å²) in [6.45, 7) is 1.68. The summed E-state index contributed by atoms with van der Waals surface area (Å²) in [6.07, 6.45) is 1.14. The van der Waals surface area contributed by atoms with Crippen molar-refractivity contribution in [3.05, 3.63) is 64.9 Å². The van der Waals surface area contributed by atoms with Crippen LogP contribution in [0, 0.1) is 5.82 Å². The van der Waals surface area contributed by atoms with Crippen LogP contribution in [0.5, 0.6) is 0 Å². The molecule has 1 unspecified atom stereocenters. The monoisotopic (exact) mass is 514 g/mol. The van der Waals surface area contributed by atoms with Crippen molar-refractivity contribution in [2.75, 3.05) is 15.9 Å². The van der Waals surface area contributed by atoms with Crippen molar-refractivity contribution in [1.29, 1.82) is 0 Å². The Bertz CT molecular complexity index is 1190. The lowest BCUT2D eigenvalue weighted by molar-refractivity contribution is -0.117. The Morgan fingerprint density at radius 3 is 2.59 bits per heavy atom. The van der Waals surface area contributed by atoms with Gasteiger partial charge in [-0.3, -0.25) is 14.4 Å². The van der Waals surface area contributed by atoms with Gasteiger partial charge in [0.1, 0.15) is 11.9 Å². The molecule has 1 N–H and O–H groups in total. The average molecular weight is 515 g/mol. The smallest absolute Gasteiger partial charge is 0.250 e. The van der Waals surface area contributed by atoms with Gasteiger partial charge in [0.05, 0.1) is 17.0 Å². The van der Waals surface area contributed by atoms with Crippen molar-refractivity contribution in [1.82, 2.24) is 10.2 Å². The van der Waals surface area contributed by atoms with Gasteiger partial charge in [0.2, 0.25) is 21.1 Å². The van der Waals surface area contributed by atoms with Gasteiger partial charge >= 0.3 is 0 Å². The lowest BCUT2D eigenvalue weighted by Crippen LogP contribution is -2.47. The van der Waals surface area contributed by atoms with Crippen LogP contribution in [0.3, 0.4) is 0 Å². The molecule has 2 aromatic carbocycles. The molecule has 12 heteroatoms. The number of carbonyl (C=O) groups is 1. The van der Waals surface area contributed by atoms with E-state index >= 15 is 0 Å². The maximum absolute atomic E-state index is 13.6. The Balaban J connectivity index is 1.75. The number of nitrogens with zero attached hydrogens (tertiary/aromatic N) is 3. The van der Waals surface area contributed by atoms with Gasteiger partial charge in [-0.1, -0.05) is 72.0 Å². The topological polar surface area (TPSA) is 92.3 Å². The predicted molar refractivity (Wildman–Crippen MR) is 127 cm³/mol. The van der Waals surface area contributed by atoms with Crippen LogP contribution in [0.15, 0.2) is 52.9 Å². The molecule has 0 aliphatic carbocycles. The van der Waals surface area contributed by atoms with E-state index in [9.17, 15) is 17.6 Å². The first kappa shape index (κ1) is 24.4. The van der Waals surface area contributed by atoms with Crippen LogP contribution in [0.2, 0.25) is 5.02 Å². The highest BCUT2D eigenvalue weighted by Gasteiger charge is 2.32. The highest BCUT2D eigenvalue weighted by Crippen LogP contribution is 2.30. The minimum atomic E-state index is -3.88. The number of aromatic nitrogens is 2. The van der Waals surface area contributed by atoms with Crippen LogP contribution in [0.1, 0.15) is 18.9 Å². The van der Waals surface area contributed by atoms with Gasteiger partial charge in [0.15, 0.2) is 4.34 Å². The number of hydrogen-bond donors (Lipinski definition) is 1. The second kappa shape index (κ2) is 10.6. The molecule has 170 valence electrons. The zero-order chi connectivity index (χ0) is 23.3. The van der Waals surface area contributed by atoms with E-state index in [0.29, 0.717) is 10.1 Å². The van der Waals surface area contributed by atoms with Gasteiger partial charge in [-0.2, -0.15) is 0 Å². The molecule has 1 atom stereocenters. The average Bonchev–Trinajstić information content (AvgIpc) is 3.19. The summed E-state index contributed by atoms with van der Waals surface area (Å²) in [7, 11) is -3.88. The third-order valence-electron chi connectivity index (χ3n) is 4.33. The fourth-order valence-corrected chi connectivity index (χ4v) is 6.00. The summed E-state index contributed by atoms with van der Waals surface area (Å²) in [5.74, 6) is -0.557. The van der Waals surface area contributed by atoms with Crippen molar-refractivity contribution in [3.63, 3.8) is 0 Å². The molecule has 3 aromatic rings. The van der Waals surface area contributed by atoms with Gasteiger partial charge < -0.3 is 0 Å². The number of amides is 1. The van der Waals surface area contributed by atoms with Gasteiger partial charge in [-0.05, 0) is 30.2 Å². The molecule has 0 fully saturated rings. The first-order valence-corrected chi connectivity index (χ1v) is 13.5. The Kier molecular flexibility index (Phi) is 8.10. The number of sulfonamides is 1. The molecule has 0 saturated heterocycles. The fraction of sp³-hybridized carbons (Fsp3) is 0.250. The van der Waals surface area contributed by atoms with Crippen LogP contribution in [-0.2, 0) is 20.6 Å². The first-order valence-electron chi connectivity index (χ1n) is 9.44. The van der Waals surface area contributed by atoms with E-state index in [4.69, 9.17) is 11.6 Å². The number of nitrogens with one attached hydrogen (secondary N) is 1. The molecule has 1 amide bonds. The molecule has 0 radical (unpaired) electrons. The number of hydrogen-bond acceptors (Lipinski definition) is 7. The van der Waals surface area contributed by atoms with Crippen molar-refractivity contribution in [2.45, 2.75) is 29.5 Å². The van der Waals surface area contributed by atoms with Crippen LogP contribution in [-0.4, -0.2) is 36.8 Å². The number of thioether (sulfide) groups is 1. The zero-order valence-electron chi connectivity index (χ0n) is 17.2. The molecular formula is C20H20ClFN4O3S3. The number of benzene rings is 2. The molecule has 0 aliphatic rings. The molecule has 3 rings (SSSR count). The summed E-state index contributed by atoms with van der Waals surface area (Å²) in [4.78, 5) is 13.0. The van der Waals surface area contributed by atoms with Crippen LogP contribution in [0.25, 0.3) is 0 Å². The molecule has 1 aromatic heterocycles. The third kappa shape index (κ3) is 6.18. The summed E-state index contributed by atoms with van der Waals surface area (Å²) in [5.41, 5.74) is 1.23. The zero-order valence-corrected chi connectivity index (χ0v) is 20.4. The molecule has 1 heterocycles. The van der Waals surface area contributed by atoms with Crippen LogP contribution >= 0.6 is 34.7 Å². The van der Waals surface area contributed by atoms with E-state index in [-0.39, 0.29) is 22.3 Å². The minimum absolute atomic E-state index is 0.0947. The van der Waals surface area contributed by atoms with Gasteiger partial charge in [-0.25, -0.2) is 12.8 Å². The normalized spacial score (nSPS) is 12.4. The summed E-state index contributed by atoms with van der Waals surface area (Å²) < 4.78 is 40.1.